The summed E-state index contributed by atoms with van der Waals surface area (Å²) in [4.78, 5) is 14.6. The van der Waals surface area contributed by atoms with Crippen LogP contribution in [-0.4, -0.2) is 75.8 Å². The summed E-state index contributed by atoms with van der Waals surface area (Å²) in [5.74, 6) is 2.38. The van der Waals surface area contributed by atoms with Gasteiger partial charge in [-0.15, -0.1) is 0 Å². The van der Waals surface area contributed by atoms with Crippen molar-refractivity contribution in [3.8, 4) is 11.5 Å². The average molecular weight is 777 g/mol. The van der Waals surface area contributed by atoms with Gasteiger partial charge in [0.1, 0.15) is 24.2 Å². The Morgan fingerprint density at radius 3 is 2.02 bits per heavy atom. The van der Waals surface area contributed by atoms with E-state index in [1.165, 1.54) is 48.0 Å². The maximum atomic E-state index is 12.6. The Labute approximate surface area is 336 Å². The lowest BCUT2D eigenvalue weighted by molar-refractivity contribution is 0.106. The van der Waals surface area contributed by atoms with Crippen molar-refractivity contribution in [1.82, 2.24) is 15.5 Å². The molecule has 1 aliphatic carbocycles. The topological polar surface area (TPSA) is 95.1 Å². The van der Waals surface area contributed by atoms with Crippen LogP contribution in [0.4, 0.5) is 10.5 Å². The molecular formula is C47H64N4O4Si. The van der Waals surface area contributed by atoms with Crippen molar-refractivity contribution in [3.05, 3.63) is 115 Å². The first-order chi connectivity index (χ1) is 27.2. The highest BCUT2D eigenvalue weighted by atomic mass is 28.4. The highest BCUT2D eigenvalue weighted by Gasteiger charge is 2.52. The van der Waals surface area contributed by atoms with E-state index in [1.807, 2.05) is 29.2 Å². The van der Waals surface area contributed by atoms with Gasteiger partial charge in [0.2, 0.25) is 0 Å². The van der Waals surface area contributed by atoms with Crippen LogP contribution in [0, 0.1) is 5.92 Å². The molecule has 300 valence electrons. The van der Waals surface area contributed by atoms with Crippen LogP contribution in [0.3, 0.4) is 0 Å². The van der Waals surface area contributed by atoms with Crippen LogP contribution in [-0.2, 0) is 6.42 Å². The lowest BCUT2D eigenvalue weighted by atomic mass is 10.0. The summed E-state index contributed by atoms with van der Waals surface area (Å²) in [6.07, 6.45) is 10.0. The van der Waals surface area contributed by atoms with Crippen molar-refractivity contribution in [2.75, 3.05) is 44.6 Å². The Hall–Kier alpha value is -4.31. The van der Waals surface area contributed by atoms with Gasteiger partial charge in [0, 0.05) is 37.9 Å². The molecule has 4 aromatic rings. The number of urea groups is 1. The number of rotatable bonds is 18. The van der Waals surface area contributed by atoms with Gasteiger partial charge in [-0.3, -0.25) is 0 Å². The van der Waals surface area contributed by atoms with E-state index in [1.54, 1.807) is 0 Å². The Bertz CT molecular complexity index is 1700. The summed E-state index contributed by atoms with van der Waals surface area (Å²) in [5.41, 5.74) is 2.36. The molecule has 2 fully saturated rings. The number of benzene rings is 4. The molecule has 0 radical (unpaired) electrons. The second-order valence-corrected chi connectivity index (χ2v) is 21.0. The number of nitrogens with zero attached hydrogens (tertiary/aromatic N) is 1. The third-order valence-electron chi connectivity index (χ3n) is 11.6. The second-order valence-electron chi connectivity index (χ2n) is 16.8. The van der Waals surface area contributed by atoms with Crippen molar-refractivity contribution in [2.45, 2.75) is 95.7 Å². The van der Waals surface area contributed by atoms with Gasteiger partial charge in [0.25, 0.3) is 0 Å². The van der Waals surface area contributed by atoms with E-state index in [0.29, 0.717) is 18.3 Å². The number of carbonyl (C=O) groups excluding carboxylic acids is 1. The SMILES string of the molecule is CC(C)(C)[Si](Oc1ccc(OC[C@@H](O)CNCCc2ccc(NC3CCN(C(=O)NCCCC4CCCC4)CC3)cc2)cc1)(c1ccccc1)c1ccccc1. The predicted molar refractivity (Wildman–Crippen MR) is 232 cm³/mol. The maximum absolute atomic E-state index is 12.6. The van der Waals surface area contributed by atoms with E-state index in [2.05, 4.69) is 122 Å². The molecule has 4 aromatic carbocycles. The number of anilines is 1. The summed E-state index contributed by atoms with van der Waals surface area (Å²) in [6.45, 7) is 10.6. The van der Waals surface area contributed by atoms with Crippen LogP contribution in [0.5, 0.6) is 11.5 Å². The van der Waals surface area contributed by atoms with Crippen molar-refractivity contribution >= 4 is 30.4 Å². The van der Waals surface area contributed by atoms with E-state index in [4.69, 9.17) is 9.16 Å². The molecule has 0 bridgehead atoms. The molecule has 1 heterocycles. The van der Waals surface area contributed by atoms with Crippen molar-refractivity contribution < 1.29 is 19.1 Å². The largest absolute Gasteiger partial charge is 0.534 e. The third kappa shape index (κ3) is 11.4. The van der Waals surface area contributed by atoms with Crippen LogP contribution >= 0.6 is 0 Å². The van der Waals surface area contributed by atoms with E-state index >= 15 is 0 Å². The number of amides is 2. The number of aliphatic hydroxyl groups is 1. The minimum absolute atomic E-state index is 0.0939. The molecule has 0 unspecified atom stereocenters. The third-order valence-corrected chi connectivity index (χ3v) is 16.5. The van der Waals surface area contributed by atoms with Crippen LogP contribution in [0.1, 0.15) is 77.7 Å². The smallest absolute Gasteiger partial charge is 0.319 e. The Balaban J connectivity index is 0.875. The van der Waals surface area contributed by atoms with Gasteiger partial charge in [-0.2, -0.15) is 0 Å². The number of hydrogen-bond acceptors (Lipinski definition) is 6. The zero-order valence-electron chi connectivity index (χ0n) is 33.9. The van der Waals surface area contributed by atoms with Crippen LogP contribution in [0.25, 0.3) is 0 Å². The van der Waals surface area contributed by atoms with E-state index in [-0.39, 0.29) is 17.7 Å². The van der Waals surface area contributed by atoms with Crippen LogP contribution in [0.15, 0.2) is 109 Å². The van der Waals surface area contributed by atoms with Gasteiger partial charge in [-0.25, -0.2) is 4.79 Å². The Kier molecular flexibility index (Phi) is 14.9. The fourth-order valence-corrected chi connectivity index (χ4v) is 12.8. The number of carbonyl (C=O) groups is 1. The number of hydrogen-bond donors (Lipinski definition) is 4. The van der Waals surface area contributed by atoms with Gasteiger partial charge in [-0.1, -0.05) is 119 Å². The Morgan fingerprint density at radius 1 is 0.804 bits per heavy atom. The molecule has 9 heteroatoms. The molecule has 2 aliphatic rings. The molecular weight excluding hydrogens is 713 g/mol. The molecule has 56 heavy (non-hydrogen) atoms. The van der Waals surface area contributed by atoms with Crippen LogP contribution < -0.4 is 35.5 Å². The predicted octanol–water partition coefficient (Wildman–Crippen LogP) is 7.75. The fourth-order valence-electron chi connectivity index (χ4n) is 8.41. The first kappa shape index (κ1) is 41.3. The van der Waals surface area contributed by atoms with Gasteiger partial charge in [0.15, 0.2) is 0 Å². The van der Waals surface area contributed by atoms with Gasteiger partial charge in [0.05, 0.1) is 0 Å². The normalized spacial score (nSPS) is 16.0. The summed E-state index contributed by atoms with van der Waals surface area (Å²) in [6, 6.07) is 38.1. The molecule has 6 rings (SSSR count). The maximum Gasteiger partial charge on any atom is 0.319 e. The molecule has 0 aromatic heterocycles. The zero-order chi connectivity index (χ0) is 39.2. The minimum atomic E-state index is -2.72. The van der Waals surface area contributed by atoms with Crippen molar-refractivity contribution in [2.24, 2.45) is 5.92 Å². The number of likely N-dealkylation sites (tertiary alicyclic amines) is 1. The minimum Gasteiger partial charge on any atom is -0.534 e. The molecule has 2 amide bonds. The van der Waals surface area contributed by atoms with Gasteiger partial charge < -0.3 is 35.1 Å². The van der Waals surface area contributed by atoms with Gasteiger partial charge >= 0.3 is 14.3 Å². The quantitative estimate of drug-likeness (QED) is 0.0610. The average Bonchev–Trinajstić information content (AvgIpc) is 3.75. The highest BCUT2D eigenvalue weighted by molar-refractivity contribution is 7.00. The fraction of sp³-hybridized carbons (Fsp3) is 0.468. The number of nitrogens with one attached hydrogen (secondary N) is 3. The standard InChI is InChI=1S/C47H64N4O4Si/c1-47(2,3)56(44-16-6-4-7-17-44,45-18-8-5-9-19-45)55-43-26-24-42(25-27-43)54-36-41(52)35-48-32-28-38-20-22-39(23-21-38)50-40-29-33-51(34-30-40)46(53)49-31-12-15-37-13-10-11-14-37/h4-9,16-27,37,40-41,48,50,52H,10-15,28-36H2,1-3H3,(H,49,53)/t41-/m0/s1. The molecule has 1 saturated heterocycles. The summed E-state index contributed by atoms with van der Waals surface area (Å²) in [7, 11) is -2.72. The van der Waals surface area contributed by atoms with E-state index in [0.717, 1.165) is 69.2 Å². The highest BCUT2D eigenvalue weighted by Crippen LogP contribution is 2.38. The summed E-state index contributed by atoms with van der Waals surface area (Å²) < 4.78 is 13.1. The van der Waals surface area contributed by atoms with Crippen molar-refractivity contribution in [3.63, 3.8) is 0 Å². The van der Waals surface area contributed by atoms with Gasteiger partial charge in [-0.05, 0) is 102 Å². The summed E-state index contributed by atoms with van der Waals surface area (Å²) >= 11 is 0. The molecule has 0 spiro atoms. The number of aliphatic hydroxyl groups excluding tert-OH is 1. The first-order valence-corrected chi connectivity index (χ1v) is 22.9. The van der Waals surface area contributed by atoms with E-state index < -0.39 is 14.4 Å². The molecule has 4 N–H and O–H groups in total. The second kappa shape index (κ2) is 20.2. The molecule has 1 saturated carbocycles. The molecule has 1 atom stereocenters. The Morgan fingerprint density at radius 2 is 1.41 bits per heavy atom. The number of ether oxygens (including phenoxy) is 1. The first-order valence-electron chi connectivity index (χ1n) is 21.0. The zero-order valence-corrected chi connectivity index (χ0v) is 34.9. The van der Waals surface area contributed by atoms with E-state index in [9.17, 15) is 9.90 Å². The van der Waals surface area contributed by atoms with Crippen molar-refractivity contribution in [1.29, 1.82) is 0 Å². The lowest BCUT2D eigenvalue weighted by Crippen LogP contribution is -2.68. The molecule has 1 aliphatic heterocycles. The monoisotopic (exact) mass is 776 g/mol. The van der Waals surface area contributed by atoms with Crippen LogP contribution in [0.2, 0.25) is 5.04 Å². The lowest BCUT2D eigenvalue weighted by Gasteiger charge is -2.43. The molecule has 8 nitrogen and oxygen atoms in total. The summed E-state index contributed by atoms with van der Waals surface area (Å²) in [5, 5.41) is 23.2. The number of piperidine rings is 1.